The Labute approximate surface area is 126 Å². The number of nitrogens with zero attached hydrogens (tertiary/aromatic N) is 2. The predicted octanol–water partition coefficient (Wildman–Crippen LogP) is 3.52. The van der Waals surface area contributed by atoms with Gasteiger partial charge in [0.25, 0.3) is 0 Å². The first-order valence-electron chi connectivity index (χ1n) is 6.47. The Hall–Kier alpha value is -2.33. The van der Waals surface area contributed by atoms with Gasteiger partial charge in [-0.15, -0.1) is 0 Å². The van der Waals surface area contributed by atoms with Crippen molar-refractivity contribution in [1.29, 1.82) is 0 Å². The Morgan fingerprint density at radius 1 is 1.19 bits per heavy atom. The minimum absolute atomic E-state index is 0.335. The molecule has 1 heterocycles. The van der Waals surface area contributed by atoms with Gasteiger partial charge in [0.15, 0.2) is 5.69 Å². The van der Waals surface area contributed by atoms with E-state index >= 15 is 0 Å². The molecule has 4 nitrogen and oxygen atoms in total. The summed E-state index contributed by atoms with van der Waals surface area (Å²) in [4.78, 5) is 11.8. The zero-order chi connectivity index (χ0) is 14.8. The summed E-state index contributed by atoms with van der Waals surface area (Å²) in [6, 6.07) is 15.2. The summed E-state index contributed by atoms with van der Waals surface area (Å²) < 4.78 is 6.59. The molecule has 0 saturated heterocycles. The summed E-state index contributed by atoms with van der Waals surface area (Å²) in [6.07, 6.45) is 0. The molecule has 0 N–H and O–H groups in total. The number of hydrogen-bond acceptors (Lipinski definition) is 3. The van der Waals surface area contributed by atoms with Gasteiger partial charge < -0.3 is 4.74 Å². The fourth-order valence-electron chi connectivity index (χ4n) is 2.26. The van der Waals surface area contributed by atoms with Crippen molar-refractivity contribution >= 4 is 28.5 Å². The maximum absolute atomic E-state index is 11.8. The molecule has 1 aromatic heterocycles. The normalized spacial score (nSPS) is 10.8. The Bertz CT molecular complexity index is 794. The number of aromatic nitrogens is 2. The Morgan fingerprint density at radius 3 is 2.62 bits per heavy atom. The third kappa shape index (κ3) is 2.62. The Morgan fingerprint density at radius 2 is 1.90 bits per heavy atom. The van der Waals surface area contributed by atoms with Crippen LogP contribution in [0.5, 0.6) is 0 Å². The smallest absolute Gasteiger partial charge is 0.359 e. The molecule has 0 bridgehead atoms. The highest BCUT2D eigenvalue weighted by molar-refractivity contribution is 6.30. The maximum Gasteiger partial charge on any atom is 0.359 e. The van der Waals surface area contributed by atoms with Crippen LogP contribution >= 0.6 is 11.6 Å². The van der Waals surface area contributed by atoms with Crippen LogP contribution in [0, 0.1) is 0 Å². The molecule has 0 aliphatic rings. The van der Waals surface area contributed by atoms with Gasteiger partial charge in [0, 0.05) is 10.4 Å². The number of fused-ring (bicyclic) bond motifs is 1. The van der Waals surface area contributed by atoms with Crippen LogP contribution in [-0.4, -0.2) is 22.9 Å². The SMILES string of the molecule is COC(=O)c1nn(Cc2ccc(Cl)cc2)c2ccccc12. The number of halogens is 1. The lowest BCUT2D eigenvalue weighted by atomic mass is 10.2. The van der Waals surface area contributed by atoms with Crippen molar-refractivity contribution in [3.8, 4) is 0 Å². The zero-order valence-corrected chi connectivity index (χ0v) is 12.2. The van der Waals surface area contributed by atoms with Crippen molar-refractivity contribution < 1.29 is 9.53 Å². The molecule has 21 heavy (non-hydrogen) atoms. The molecule has 0 aliphatic carbocycles. The predicted molar refractivity (Wildman–Crippen MR) is 81.6 cm³/mol. The summed E-state index contributed by atoms with van der Waals surface area (Å²) in [6.45, 7) is 0.564. The van der Waals surface area contributed by atoms with Crippen molar-refractivity contribution in [1.82, 2.24) is 9.78 Å². The zero-order valence-electron chi connectivity index (χ0n) is 11.4. The van der Waals surface area contributed by atoms with E-state index in [1.54, 1.807) is 4.68 Å². The van der Waals surface area contributed by atoms with Crippen LogP contribution in [-0.2, 0) is 11.3 Å². The van der Waals surface area contributed by atoms with Crippen molar-refractivity contribution in [2.75, 3.05) is 7.11 Å². The minimum atomic E-state index is -0.430. The number of para-hydroxylation sites is 1. The number of carbonyl (C=O) groups excluding carboxylic acids is 1. The van der Waals surface area contributed by atoms with Crippen LogP contribution in [0.2, 0.25) is 5.02 Å². The van der Waals surface area contributed by atoms with Gasteiger partial charge in [-0.1, -0.05) is 41.9 Å². The molecule has 0 spiro atoms. The topological polar surface area (TPSA) is 44.1 Å². The van der Waals surface area contributed by atoms with Gasteiger partial charge in [-0.3, -0.25) is 4.68 Å². The quantitative estimate of drug-likeness (QED) is 0.695. The average Bonchev–Trinajstić information content (AvgIpc) is 2.88. The summed E-state index contributed by atoms with van der Waals surface area (Å²) in [5.74, 6) is -0.430. The van der Waals surface area contributed by atoms with Crippen LogP contribution in [0.25, 0.3) is 10.9 Å². The number of carbonyl (C=O) groups is 1. The number of esters is 1. The van der Waals surface area contributed by atoms with E-state index in [4.69, 9.17) is 16.3 Å². The van der Waals surface area contributed by atoms with Crippen LogP contribution < -0.4 is 0 Å². The van der Waals surface area contributed by atoms with Crippen molar-refractivity contribution in [3.05, 3.63) is 64.8 Å². The van der Waals surface area contributed by atoms with Gasteiger partial charge >= 0.3 is 5.97 Å². The highest BCUT2D eigenvalue weighted by atomic mass is 35.5. The van der Waals surface area contributed by atoms with Gasteiger partial charge in [-0.05, 0) is 23.8 Å². The second-order valence-corrected chi connectivity index (χ2v) is 5.08. The second kappa shape index (κ2) is 5.58. The monoisotopic (exact) mass is 300 g/mol. The largest absolute Gasteiger partial charge is 0.464 e. The van der Waals surface area contributed by atoms with Gasteiger partial charge in [0.1, 0.15) is 0 Å². The first kappa shape index (κ1) is 13.6. The van der Waals surface area contributed by atoms with Crippen LogP contribution in [0.4, 0.5) is 0 Å². The molecule has 3 aromatic rings. The average molecular weight is 301 g/mol. The standard InChI is InChI=1S/C16H13ClN2O2/c1-21-16(20)15-13-4-2-3-5-14(13)19(18-15)10-11-6-8-12(17)9-7-11/h2-9H,10H2,1H3. The summed E-state index contributed by atoms with van der Waals surface area (Å²) in [7, 11) is 1.36. The van der Waals surface area contributed by atoms with E-state index < -0.39 is 5.97 Å². The van der Waals surface area contributed by atoms with Crippen LogP contribution in [0.3, 0.4) is 0 Å². The molecule has 0 aliphatic heterocycles. The molecule has 0 radical (unpaired) electrons. The van der Waals surface area contributed by atoms with Crippen molar-refractivity contribution in [2.24, 2.45) is 0 Å². The Balaban J connectivity index is 2.06. The number of methoxy groups -OCH3 is 1. The lowest BCUT2D eigenvalue weighted by Gasteiger charge is -2.03. The fraction of sp³-hybridized carbons (Fsp3) is 0.125. The molecule has 0 fully saturated rings. The molecule has 0 atom stereocenters. The van der Waals surface area contributed by atoms with E-state index in [-0.39, 0.29) is 0 Å². The molecule has 5 heteroatoms. The Kier molecular flexibility index (Phi) is 3.62. The van der Waals surface area contributed by atoms with Crippen LogP contribution in [0.15, 0.2) is 48.5 Å². The molecular formula is C16H13ClN2O2. The van der Waals surface area contributed by atoms with E-state index in [1.807, 2.05) is 48.5 Å². The van der Waals surface area contributed by atoms with Crippen molar-refractivity contribution in [3.63, 3.8) is 0 Å². The highest BCUT2D eigenvalue weighted by Crippen LogP contribution is 2.20. The second-order valence-electron chi connectivity index (χ2n) is 4.64. The molecule has 2 aromatic carbocycles. The van der Waals surface area contributed by atoms with Crippen LogP contribution in [0.1, 0.15) is 16.1 Å². The number of rotatable bonds is 3. The molecule has 0 amide bonds. The van der Waals surface area contributed by atoms with E-state index in [0.29, 0.717) is 17.3 Å². The molecule has 0 saturated carbocycles. The van der Waals surface area contributed by atoms with Crippen molar-refractivity contribution in [2.45, 2.75) is 6.54 Å². The number of hydrogen-bond donors (Lipinski definition) is 0. The summed E-state index contributed by atoms with van der Waals surface area (Å²) in [5, 5.41) is 5.87. The van der Waals surface area contributed by atoms with Gasteiger partial charge in [-0.2, -0.15) is 5.10 Å². The fourth-order valence-corrected chi connectivity index (χ4v) is 2.38. The van der Waals surface area contributed by atoms with E-state index in [0.717, 1.165) is 16.5 Å². The third-order valence-corrected chi connectivity index (χ3v) is 3.53. The molecule has 106 valence electrons. The first-order chi connectivity index (χ1) is 10.2. The maximum atomic E-state index is 11.8. The van der Waals surface area contributed by atoms with E-state index in [1.165, 1.54) is 7.11 Å². The lowest BCUT2D eigenvalue weighted by Crippen LogP contribution is -2.06. The number of benzene rings is 2. The van der Waals surface area contributed by atoms with Gasteiger partial charge in [0.05, 0.1) is 19.2 Å². The lowest BCUT2D eigenvalue weighted by molar-refractivity contribution is 0.0595. The first-order valence-corrected chi connectivity index (χ1v) is 6.85. The molecule has 3 rings (SSSR count). The number of ether oxygens (including phenoxy) is 1. The molecule has 0 unspecified atom stereocenters. The third-order valence-electron chi connectivity index (χ3n) is 3.28. The molecular weight excluding hydrogens is 288 g/mol. The summed E-state index contributed by atoms with van der Waals surface area (Å²) >= 11 is 5.89. The van der Waals surface area contributed by atoms with E-state index in [2.05, 4.69) is 5.10 Å². The summed E-state index contributed by atoms with van der Waals surface area (Å²) in [5.41, 5.74) is 2.29. The van der Waals surface area contributed by atoms with E-state index in [9.17, 15) is 4.79 Å². The minimum Gasteiger partial charge on any atom is -0.464 e. The highest BCUT2D eigenvalue weighted by Gasteiger charge is 2.17. The van der Waals surface area contributed by atoms with Gasteiger partial charge in [0.2, 0.25) is 0 Å². The van der Waals surface area contributed by atoms with Gasteiger partial charge in [-0.25, -0.2) is 4.79 Å².